The van der Waals surface area contributed by atoms with Crippen molar-refractivity contribution in [3.05, 3.63) is 94.0 Å². The summed E-state index contributed by atoms with van der Waals surface area (Å²) in [4.78, 5) is 26.2. The number of rotatable bonds is 14. The van der Waals surface area contributed by atoms with E-state index in [1.165, 1.54) is 16.7 Å². The molecule has 1 N–H and O–H groups in total. The molecule has 2 heterocycles. The van der Waals surface area contributed by atoms with Crippen molar-refractivity contribution < 1.29 is 19.4 Å². The first kappa shape index (κ1) is 29.2. The number of nitrogens with zero attached hydrogens (tertiary/aromatic N) is 1. The van der Waals surface area contributed by atoms with Gasteiger partial charge in [0, 0.05) is 18.7 Å². The summed E-state index contributed by atoms with van der Waals surface area (Å²) < 4.78 is 5.11. The normalized spacial score (nSPS) is 18.5. The van der Waals surface area contributed by atoms with Crippen LogP contribution in [0, 0.1) is 5.92 Å². The van der Waals surface area contributed by atoms with E-state index in [0.717, 1.165) is 70.0 Å². The number of amides is 1. The van der Waals surface area contributed by atoms with Gasteiger partial charge in [0.1, 0.15) is 0 Å². The first-order valence-electron chi connectivity index (χ1n) is 13.9. The predicted octanol–water partition coefficient (Wildman–Crippen LogP) is 7.53. The lowest BCUT2D eigenvalue weighted by molar-refractivity contribution is -0.133. The number of ether oxygens (including phenoxy) is 1. The number of benzene rings is 1. The molecule has 3 rings (SSSR count). The number of aliphatic hydroxyl groups excluding tert-OH is 1. The first-order chi connectivity index (χ1) is 18.2. The van der Waals surface area contributed by atoms with Crippen molar-refractivity contribution in [3.63, 3.8) is 0 Å². The van der Waals surface area contributed by atoms with Crippen LogP contribution in [0.2, 0.25) is 0 Å². The summed E-state index contributed by atoms with van der Waals surface area (Å²) in [5.74, 6) is 0.219. The van der Waals surface area contributed by atoms with Gasteiger partial charge in [0.25, 0.3) is 0 Å². The van der Waals surface area contributed by atoms with Crippen LogP contribution < -0.4 is 0 Å². The molecule has 1 atom stereocenters. The second-order valence-corrected chi connectivity index (χ2v) is 10.7. The number of carbonyl (C=O) groups excluding carboxylic acids is 2. The third-order valence-electron chi connectivity index (χ3n) is 7.34. The van der Waals surface area contributed by atoms with E-state index >= 15 is 0 Å². The number of carbonyl (C=O) groups is 2. The molecular formula is C33H43NO4. The van der Waals surface area contributed by atoms with Gasteiger partial charge in [-0.15, -0.1) is 0 Å². The number of hydrogen-bond acceptors (Lipinski definition) is 4. The van der Waals surface area contributed by atoms with Gasteiger partial charge in [-0.3, -0.25) is 4.79 Å². The molecule has 0 radical (unpaired) electrons. The van der Waals surface area contributed by atoms with E-state index in [0.29, 0.717) is 5.76 Å². The van der Waals surface area contributed by atoms with E-state index in [9.17, 15) is 14.7 Å². The summed E-state index contributed by atoms with van der Waals surface area (Å²) in [5, 5.41) is 9.95. The minimum absolute atomic E-state index is 0.0336. The number of aliphatic hydroxyl groups is 1. The number of hydrogen-bond donors (Lipinski definition) is 1. The Morgan fingerprint density at radius 2 is 1.76 bits per heavy atom. The van der Waals surface area contributed by atoms with Crippen LogP contribution in [0.3, 0.4) is 0 Å². The topological polar surface area (TPSA) is 66.8 Å². The van der Waals surface area contributed by atoms with Gasteiger partial charge in [-0.2, -0.15) is 0 Å². The van der Waals surface area contributed by atoms with Gasteiger partial charge in [0.15, 0.2) is 11.5 Å². The number of allylic oxidation sites excluding steroid dienone is 5. The highest BCUT2D eigenvalue weighted by Crippen LogP contribution is 2.26. The second kappa shape index (κ2) is 14.6. The molecule has 204 valence electrons. The molecule has 2 aliphatic heterocycles. The third kappa shape index (κ3) is 8.90. The Hall–Kier alpha value is -3.34. The molecule has 0 saturated carbocycles. The average molecular weight is 518 g/mol. The number of esters is 1. The van der Waals surface area contributed by atoms with Crippen LogP contribution in [0.4, 0.5) is 0 Å². The van der Waals surface area contributed by atoms with E-state index in [2.05, 4.69) is 51.1 Å². The smallest absolute Gasteiger partial charge is 0.343 e. The lowest BCUT2D eigenvalue weighted by Gasteiger charge is -2.16. The van der Waals surface area contributed by atoms with Gasteiger partial charge in [0.05, 0.1) is 5.57 Å². The van der Waals surface area contributed by atoms with Gasteiger partial charge in [-0.05, 0) is 89.7 Å². The monoisotopic (exact) mass is 517 g/mol. The Labute approximate surface area is 228 Å². The molecule has 1 amide bonds. The van der Waals surface area contributed by atoms with Gasteiger partial charge in [-0.1, -0.05) is 66.6 Å². The van der Waals surface area contributed by atoms with E-state index in [1.807, 2.05) is 29.2 Å². The van der Waals surface area contributed by atoms with E-state index < -0.39 is 5.97 Å². The standard InChI is InChI=1S/C33H43NO4/c1-24(13-9-15-26(3)23-30-31(35)27(4)33(37)38-30)11-8-12-25(2)14-10-18-29-20-22-34(32(29)36)21-19-28-16-6-5-7-17-28/h5-7,11,14,16-17,20,23,26,35H,8-10,12-13,15,18-19,21-22H2,1-4H3/b24-11+,25-14+,30-23-/t26-/m0/s1. The number of cyclic esters (lactones) is 1. The molecule has 5 heteroatoms. The largest absolute Gasteiger partial charge is 0.504 e. The van der Waals surface area contributed by atoms with Gasteiger partial charge in [-0.25, -0.2) is 4.79 Å². The zero-order valence-electron chi connectivity index (χ0n) is 23.5. The highest BCUT2D eigenvalue weighted by molar-refractivity contribution is 5.95. The van der Waals surface area contributed by atoms with Crippen LogP contribution in [0.15, 0.2) is 88.4 Å². The maximum absolute atomic E-state index is 12.7. The van der Waals surface area contributed by atoms with Crippen molar-refractivity contribution in [2.75, 3.05) is 13.1 Å². The summed E-state index contributed by atoms with van der Waals surface area (Å²) in [5.41, 5.74) is 5.26. The van der Waals surface area contributed by atoms with Crippen LogP contribution in [0.1, 0.15) is 78.2 Å². The van der Waals surface area contributed by atoms with Crippen LogP contribution >= 0.6 is 0 Å². The van der Waals surface area contributed by atoms with Gasteiger partial charge < -0.3 is 14.7 Å². The molecule has 1 aromatic rings. The summed E-state index contributed by atoms with van der Waals surface area (Å²) in [7, 11) is 0. The Morgan fingerprint density at radius 3 is 2.47 bits per heavy atom. The molecule has 0 fully saturated rings. The van der Waals surface area contributed by atoms with Crippen LogP contribution in [0.25, 0.3) is 0 Å². The predicted molar refractivity (Wildman–Crippen MR) is 153 cm³/mol. The van der Waals surface area contributed by atoms with Crippen LogP contribution in [-0.4, -0.2) is 35.0 Å². The Bertz CT molecular complexity index is 1140. The Balaban J connectivity index is 1.29. The molecule has 0 spiro atoms. The van der Waals surface area contributed by atoms with Crippen molar-refractivity contribution in [3.8, 4) is 0 Å². The zero-order chi connectivity index (χ0) is 27.5. The minimum atomic E-state index is -0.464. The molecule has 0 bridgehead atoms. The van der Waals surface area contributed by atoms with Crippen LogP contribution in [0.5, 0.6) is 0 Å². The fraction of sp³-hybridized carbons (Fsp3) is 0.455. The SMILES string of the molecule is CC1=C(O)/C(=C/[C@@H](C)CCC/C(C)=C/CC/C(C)=C/CCC2=CCN(CCc3ccccc3)C2=O)OC1=O. The van der Waals surface area contributed by atoms with Crippen molar-refractivity contribution in [2.24, 2.45) is 5.92 Å². The summed E-state index contributed by atoms with van der Waals surface area (Å²) >= 11 is 0. The maximum atomic E-state index is 12.7. The van der Waals surface area contributed by atoms with E-state index in [4.69, 9.17) is 4.74 Å². The first-order valence-corrected chi connectivity index (χ1v) is 13.9. The fourth-order valence-corrected chi connectivity index (χ4v) is 4.79. The molecule has 0 aliphatic carbocycles. The highest BCUT2D eigenvalue weighted by Gasteiger charge is 2.26. The van der Waals surface area contributed by atoms with Crippen LogP contribution in [-0.2, 0) is 20.7 Å². The second-order valence-electron chi connectivity index (χ2n) is 10.7. The molecule has 38 heavy (non-hydrogen) atoms. The Morgan fingerprint density at radius 1 is 1.05 bits per heavy atom. The highest BCUT2D eigenvalue weighted by atomic mass is 16.6. The lowest BCUT2D eigenvalue weighted by atomic mass is 9.99. The molecule has 0 aromatic heterocycles. The van der Waals surface area contributed by atoms with Crippen molar-refractivity contribution in [2.45, 2.75) is 79.1 Å². The molecule has 0 unspecified atom stereocenters. The molecule has 1 aromatic carbocycles. The van der Waals surface area contributed by atoms with Gasteiger partial charge in [0.2, 0.25) is 5.91 Å². The summed E-state index contributed by atoms with van der Waals surface area (Å²) in [6.45, 7) is 9.51. The third-order valence-corrected chi connectivity index (χ3v) is 7.34. The van der Waals surface area contributed by atoms with Crippen molar-refractivity contribution in [1.82, 2.24) is 4.90 Å². The minimum Gasteiger partial charge on any atom is -0.504 e. The Kier molecular flexibility index (Phi) is 11.2. The summed E-state index contributed by atoms with van der Waals surface area (Å²) in [6.07, 6.45) is 16.3. The molecular weight excluding hydrogens is 474 g/mol. The van der Waals surface area contributed by atoms with E-state index in [1.54, 1.807) is 6.92 Å². The lowest BCUT2D eigenvalue weighted by Crippen LogP contribution is -2.29. The van der Waals surface area contributed by atoms with Gasteiger partial charge >= 0.3 is 5.97 Å². The van der Waals surface area contributed by atoms with Crippen molar-refractivity contribution >= 4 is 11.9 Å². The maximum Gasteiger partial charge on any atom is 0.343 e. The molecule has 0 saturated heterocycles. The quantitative estimate of drug-likeness (QED) is 0.205. The molecule has 2 aliphatic rings. The fourth-order valence-electron chi connectivity index (χ4n) is 4.79. The summed E-state index contributed by atoms with van der Waals surface area (Å²) in [6, 6.07) is 10.3. The average Bonchev–Trinajstić information content (AvgIpc) is 3.36. The molecule has 5 nitrogen and oxygen atoms in total. The van der Waals surface area contributed by atoms with E-state index in [-0.39, 0.29) is 23.2 Å². The zero-order valence-corrected chi connectivity index (χ0v) is 23.5. The van der Waals surface area contributed by atoms with Crippen molar-refractivity contribution in [1.29, 1.82) is 0 Å².